The van der Waals surface area contributed by atoms with Crippen LogP contribution in [0, 0.1) is 0 Å². The molecule has 0 rings (SSSR count). The first-order valence-electron chi connectivity index (χ1n) is 22.1. The van der Waals surface area contributed by atoms with Crippen molar-refractivity contribution in [3.8, 4) is 0 Å². The van der Waals surface area contributed by atoms with Crippen LogP contribution in [0.4, 0.5) is 0 Å². The number of hydrogen-bond donors (Lipinski definition) is 3. The van der Waals surface area contributed by atoms with E-state index in [4.69, 9.17) is 23.6 Å². The first kappa shape index (κ1) is 52.7. The van der Waals surface area contributed by atoms with Crippen molar-refractivity contribution in [1.29, 1.82) is 0 Å². The van der Waals surface area contributed by atoms with Gasteiger partial charge in [0.15, 0.2) is 6.10 Å². The molecule has 3 atom stereocenters. The molecule has 0 aliphatic carbocycles. The van der Waals surface area contributed by atoms with Crippen molar-refractivity contribution in [2.75, 3.05) is 26.4 Å². The second kappa shape index (κ2) is 39.9. The third kappa shape index (κ3) is 39.0. The van der Waals surface area contributed by atoms with Gasteiger partial charge in [0.05, 0.1) is 19.8 Å². The summed E-state index contributed by atoms with van der Waals surface area (Å²) < 4.78 is 32.7. The van der Waals surface area contributed by atoms with Gasteiger partial charge >= 0.3 is 19.8 Å². The maximum absolute atomic E-state index is 12.6. The molecule has 0 aromatic carbocycles. The number of esters is 2. The molecule has 0 bridgehead atoms. The second-order valence-corrected chi connectivity index (χ2v) is 16.5. The number of carbonyl (C=O) groups is 2. The van der Waals surface area contributed by atoms with Gasteiger partial charge in [-0.05, 0) is 32.1 Å². The Labute approximate surface area is 330 Å². The Morgan fingerprint density at radius 3 is 1.39 bits per heavy atom. The molecule has 0 aromatic rings. The second-order valence-electron chi connectivity index (χ2n) is 15.1. The summed E-state index contributed by atoms with van der Waals surface area (Å²) in [6, 6.07) is 0. The molecule has 10 nitrogen and oxygen atoms in total. The summed E-state index contributed by atoms with van der Waals surface area (Å²) in [6.45, 7) is 2.38. The first-order chi connectivity index (χ1) is 26.2. The van der Waals surface area contributed by atoms with E-state index in [1.54, 1.807) is 0 Å². The third-order valence-electron chi connectivity index (χ3n) is 9.67. The molecule has 0 spiro atoms. The van der Waals surface area contributed by atoms with Gasteiger partial charge in [-0.15, -0.1) is 0 Å². The molecule has 0 aliphatic rings. The highest BCUT2D eigenvalue weighted by Crippen LogP contribution is 2.43. The van der Waals surface area contributed by atoms with Crippen molar-refractivity contribution in [1.82, 2.24) is 0 Å². The number of ether oxygens (including phenoxy) is 2. The fourth-order valence-electron chi connectivity index (χ4n) is 6.21. The molecule has 0 radical (unpaired) electrons. The predicted molar refractivity (Wildman–Crippen MR) is 219 cm³/mol. The molecular weight excluding hydrogens is 707 g/mol. The molecule has 0 fully saturated rings. The fourth-order valence-corrected chi connectivity index (χ4v) is 7.00. The Hall–Kier alpha value is -1.29. The van der Waals surface area contributed by atoms with Crippen LogP contribution in [-0.2, 0) is 32.7 Å². The molecule has 1 unspecified atom stereocenters. The normalized spacial score (nSPS) is 13.9. The van der Waals surface area contributed by atoms with Gasteiger partial charge in [-0.25, -0.2) is 4.57 Å². The fraction of sp³-hybridized carbons (Fsp3) is 0.907. The van der Waals surface area contributed by atoms with Gasteiger partial charge in [0, 0.05) is 12.8 Å². The van der Waals surface area contributed by atoms with Crippen LogP contribution in [0.3, 0.4) is 0 Å². The minimum Gasteiger partial charge on any atom is -0.462 e. The highest BCUT2D eigenvalue weighted by atomic mass is 31.2. The number of phosphoric ester groups is 1. The summed E-state index contributed by atoms with van der Waals surface area (Å²) in [4.78, 5) is 35.0. The van der Waals surface area contributed by atoms with Crippen LogP contribution in [-0.4, -0.2) is 65.7 Å². The van der Waals surface area contributed by atoms with E-state index in [-0.39, 0.29) is 19.4 Å². The van der Waals surface area contributed by atoms with E-state index in [9.17, 15) is 24.2 Å². The summed E-state index contributed by atoms with van der Waals surface area (Å²) in [6.07, 6.45) is 37.4. The highest BCUT2D eigenvalue weighted by molar-refractivity contribution is 7.47. The molecule has 54 heavy (non-hydrogen) atoms. The van der Waals surface area contributed by atoms with Gasteiger partial charge in [0.1, 0.15) is 12.7 Å². The molecule has 3 N–H and O–H groups in total. The summed E-state index contributed by atoms with van der Waals surface area (Å²) in [5, 5.41) is 18.3. The lowest BCUT2D eigenvalue weighted by Gasteiger charge is -2.20. The van der Waals surface area contributed by atoms with E-state index < -0.39 is 51.8 Å². The summed E-state index contributed by atoms with van der Waals surface area (Å²) in [5.41, 5.74) is 0. The average molecular weight is 791 g/mol. The van der Waals surface area contributed by atoms with Crippen LogP contribution in [0.2, 0.25) is 0 Å². The van der Waals surface area contributed by atoms with Crippen molar-refractivity contribution >= 4 is 19.8 Å². The Morgan fingerprint density at radius 2 is 0.926 bits per heavy atom. The lowest BCUT2D eigenvalue weighted by atomic mass is 10.0. The van der Waals surface area contributed by atoms with E-state index in [0.717, 1.165) is 38.5 Å². The van der Waals surface area contributed by atoms with E-state index in [0.29, 0.717) is 12.8 Å². The number of hydrogen-bond acceptors (Lipinski definition) is 9. The van der Waals surface area contributed by atoms with Crippen molar-refractivity contribution < 1.29 is 47.8 Å². The molecule has 0 saturated carbocycles. The molecule has 0 saturated heterocycles. The number of aliphatic hydroxyl groups is 2. The predicted octanol–water partition coefficient (Wildman–Crippen LogP) is 11.6. The Kier molecular flexibility index (Phi) is 39.0. The first-order valence-corrected chi connectivity index (χ1v) is 23.6. The molecule has 0 amide bonds. The Morgan fingerprint density at radius 1 is 0.537 bits per heavy atom. The number of unbranched alkanes of at least 4 members (excludes halogenated alkanes) is 26. The van der Waals surface area contributed by atoms with Crippen molar-refractivity contribution in [2.45, 2.75) is 225 Å². The van der Waals surface area contributed by atoms with E-state index in [1.165, 1.54) is 135 Å². The summed E-state index contributed by atoms with van der Waals surface area (Å²) in [7, 11) is -4.61. The van der Waals surface area contributed by atoms with Crippen LogP contribution >= 0.6 is 7.82 Å². The standard InChI is InChI=1S/C43H83O10P/c1-3-5-7-9-11-13-15-17-19-21-22-24-26-28-30-32-34-42(46)50-38-41(39-52-54(48,49)51-37-40(45)36-44)53-43(47)35-33-31-29-27-25-23-20-18-16-14-12-10-8-6-4-2/h10,12,40-41,44-45H,3-9,11,13-39H2,1-2H3,(H,48,49)/b12-10+/t40-,41+/m0/s1. The zero-order valence-electron chi connectivity index (χ0n) is 34.7. The molecule has 0 aromatic heterocycles. The number of allylic oxidation sites excluding steroid dienone is 2. The Balaban J connectivity index is 4.24. The van der Waals surface area contributed by atoms with E-state index >= 15 is 0 Å². The van der Waals surface area contributed by atoms with Gasteiger partial charge in [-0.1, -0.05) is 180 Å². The average Bonchev–Trinajstić information content (AvgIpc) is 3.16. The minimum atomic E-state index is -4.61. The minimum absolute atomic E-state index is 0.186. The number of aliphatic hydroxyl groups excluding tert-OH is 2. The molecule has 0 aliphatic heterocycles. The van der Waals surface area contributed by atoms with E-state index in [1.807, 2.05) is 0 Å². The maximum Gasteiger partial charge on any atom is 0.472 e. The molecule has 0 heterocycles. The smallest absolute Gasteiger partial charge is 0.462 e. The van der Waals surface area contributed by atoms with E-state index in [2.05, 4.69) is 26.0 Å². The van der Waals surface area contributed by atoms with Crippen LogP contribution in [0.25, 0.3) is 0 Å². The topological polar surface area (TPSA) is 149 Å². The monoisotopic (exact) mass is 791 g/mol. The largest absolute Gasteiger partial charge is 0.472 e. The van der Waals surface area contributed by atoms with Crippen molar-refractivity contribution in [3.63, 3.8) is 0 Å². The number of phosphoric acid groups is 1. The zero-order valence-corrected chi connectivity index (χ0v) is 35.6. The Bertz CT molecular complexity index is 915. The maximum atomic E-state index is 12.6. The third-order valence-corrected chi connectivity index (χ3v) is 10.6. The van der Waals surface area contributed by atoms with Gasteiger partial charge in [-0.3, -0.25) is 18.6 Å². The molecular formula is C43H83O10P. The number of carbonyl (C=O) groups excluding carboxylic acids is 2. The van der Waals surface area contributed by atoms with Crippen LogP contribution in [0.5, 0.6) is 0 Å². The SMILES string of the molecule is CCCC/C=C/CCCCCCCCCCCC(=O)O[C@H](COC(=O)CCCCCCCCCCCCCCCCCC)COP(=O)(O)OC[C@@H](O)CO. The van der Waals surface area contributed by atoms with Crippen molar-refractivity contribution in [2.24, 2.45) is 0 Å². The summed E-state index contributed by atoms with van der Waals surface area (Å²) in [5.74, 6) is -0.916. The molecule has 11 heteroatoms. The van der Waals surface area contributed by atoms with Crippen LogP contribution in [0.15, 0.2) is 12.2 Å². The van der Waals surface area contributed by atoms with Crippen LogP contribution < -0.4 is 0 Å². The highest BCUT2D eigenvalue weighted by Gasteiger charge is 2.27. The number of rotatable bonds is 42. The lowest BCUT2D eigenvalue weighted by Crippen LogP contribution is -2.29. The lowest BCUT2D eigenvalue weighted by molar-refractivity contribution is -0.161. The quantitative estimate of drug-likeness (QED) is 0.0236. The summed E-state index contributed by atoms with van der Waals surface area (Å²) >= 11 is 0. The van der Waals surface area contributed by atoms with Gasteiger partial charge in [0.25, 0.3) is 0 Å². The van der Waals surface area contributed by atoms with Crippen molar-refractivity contribution in [3.05, 3.63) is 12.2 Å². The zero-order chi connectivity index (χ0) is 39.8. The van der Waals surface area contributed by atoms with Gasteiger partial charge in [0.2, 0.25) is 0 Å². The van der Waals surface area contributed by atoms with Crippen LogP contribution in [0.1, 0.15) is 213 Å². The van der Waals surface area contributed by atoms with Gasteiger partial charge in [-0.2, -0.15) is 0 Å². The van der Waals surface area contributed by atoms with Gasteiger partial charge < -0.3 is 24.6 Å². The molecule has 320 valence electrons.